The van der Waals surface area contributed by atoms with Crippen molar-refractivity contribution in [1.29, 1.82) is 0 Å². The minimum atomic E-state index is -0.272. The van der Waals surface area contributed by atoms with Crippen molar-refractivity contribution in [2.45, 2.75) is 64.9 Å². The van der Waals surface area contributed by atoms with Crippen LogP contribution in [0.1, 0.15) is 58.8 Å². The Balaban J connectivity index is 1.71. The van der Waals surface area contributed by atoms with Crippen molar-refractivity contribution in [3.63, 3.8) is 0 Å². The molecule has 0 heterocycles. The molecule has 0 aromatic carbocycles. The fourth-order valence-electron chi connectivity index (χ4n) is 6.43. The second kappa shape index (κ2) is 4.95. The number of aliphatic hydroxyl groups excluding tert-OH is 2. The monoisotopic (exact) mass is 316 g/mol. The zero-order valence-electron chi connectivity index (χ0n) is 14.2. The summed E-state index contributed by atoms with van der Waals surface area (Å²) in [6, 6.07) is 0. The van der Waals surface area contributed by atoms with Crippen molar-refractivity contribution in [3.8, 4) is 0 Å². The molecule has 0 aromatic heterocycles. The third-order valence-corrected chi connectivity index (χ3v) is 7.87. The van der Waals surface area contributed by atoms with Gasteiger partial charge in [-0.15, -0.1) is 0 Å². The van der Waals surface area contributed by atoms with E-state index in [2.05, 4.69) is 19.9 Å². The Morgan fingerprint density at radius 1 is 1.13 bits per heavy atom. The Bertz CT molecular complexity index is 604. The number of carbonyl (C=O) groups is 1. The lowest BCUT2D eigenvalue weighted by Gasteiger charge is -2.56. The third kappa shape index (κ3) is 1.95. The lowest BCUT2D eigenvalue weighted by molar-refractivity contribution is -0.130. The first-order valence-corrected chi connectivity index (χ1v) is 9.16. The Labute approximate surface area is 138 Å². The maximum atomic E-state index is 12.7. The van der Waals surface area contributed by atoms with Gasteiger partial charge in [-0.05, 0) is 68.1 Å². The predicted molar refractivity (Wildman–Crippen MR) is 88.8 cm³/mol. The van der Waals surface area contributed by atoms with Crippen LogP contribution in [-0.2, 0) is 4.79 Å². The molecule has 0 spiro atoms. The van der Waals surface area contributed by atoms with Gasteiger partial charge in [-0.25, -0.2) is 0 Å². The average molecular weight is 316 g/mol. The highest BCUT2D eigenvalue weighted by Gasteiger charge is 2.59. The Hall–Kier alpha value is -1.09. The molecular formula is C20H28O3. The summed E-state index contributed by atoms with van der Waals surface area (Å²) >= 11 is 0. The number of Topliss-reactive ketones (excluding diaryl/α,β-unsaturated/α-hetero) is 1. The second-order valence-electron chi connectivity index (χ2n) is 8.80. The summed E-state index contributed by atoms with van der Waals surface area (Å²) in [4.78, 5) is 12.7. The number of aliphatic hydroxyl groups is 2. The quantitative estimate of drug-likeness (QED) is 0.404. The number of fused-ring (bicyclic) bond motifs is 5. The van der Waals surface area contributed by atoms with Crippen LogP contribution >= 0.6 is 0 Å². The molecule has 0 radical (unpaired) electrons. The first kappa shape index (κ1) is 15.4. The van der Waals surface area contributed by atoms with Crippen LogP contribution in [0.5, 0.6) is 0 Å². The summed E-state index contributed by atoms with van der Waals surface area (Å²) in [5, 5.41) is 19.5. The molecule has 4 aliphatic carbocycles. The SMILES string of the molecule is C[C@@]12CC[C@@H]3[C@H](CC=C4C[C@H](O)CC[C@@]43C)[C@H]1C/C(=C\O)C2=O. The van der Waals surface area contributed by atoms with Gasteiger partial charge < -0.3 is 10.2 Å². The standard InChI is InChI=1S/C20H28O3/c1-19-7-5-14(22)10-13(19)3-4-15-16(19)6-8-20(2)17(15)9-12(11-21)18(20)23/h3,11,14-17,21-22H,4-10H2,1-2H3/b12-11+/t14-,15+,16-,17-,19+,20-/m1/s1. The van der Waals surface area contributed by atoms with Gasteiger partial charge in [0.1, 0.15) is 0 Å². The van der Waals surface area contributed by atoms with E-state index in [4.69, 9.17) is 0 Å². The van der Waals surface area contributed by atoms with Gasteiger partial charge in [0.05, 0.1) is 12.4 Å². The van der Waals surface area contributed by atoms with Gasteiger partial charge in [-0.1, -0.05) is 25.5 Å². The van der Waals surface area contributed by atoms with Crippen LogP contribution in [0.15, 0.2) is 23.5 Å². The molecule has 126 valence electrons. The molecule has 0 aromatic rings. The number of carbonyl (C=O) groups excluding carboxylic acids is 1. The lowest BCUT2D eigenvalue weighted by atomic mass is 9.48. The van der Waals surface area contributed by atoms with Gasteiger partial charge in [0, 0.05) is 11.0 Å². The Morgan fingerprint density at radius 2 is 1.87 bits per heavy atom. The number of hydrogen-bond acceptors (Lipinski definition) is 3. The van der Waals surface area contributed by atoms with Crippen LogP contribution in [0.2, 0.25) is 0 Å². The first-order chi connectivity index (χ1) is 10.9. The van der Waals surface area contributed by atoms with Crippen LogP contribution in [0.4, 0.5) is 0 Å². The van der Waals surface area contributed by atoms with Crippen LogP contribution in [0.25, 0.3) is 0 Å². The number of allylic oxidation sites excluding steroid dienone is 2. The third-order valence-electron chi connectivity index (χ3n) is 7.87. The van der Waals surface area contributed by atoms with E-state index in [1.165, 1.54) is 5.57 Å². The van der Waals surface area contributed by atoms with Gasteiger partial charge in [0.15, 0.2) is 5.78 Å². The predicted octanol–water partition coefficient (Wildman–Crippen LogP) is 3.93. The zero-order valence-corrected chi connectivity index (χ0v) is 14.2. The second-order valence-corrected chi connectivity index (χ2v) is 8.80. The van der Waals surface area contributed by atoms with E-state index in [9.17, 15) is 15.0 Å². The highest BCUT2D eigenvalue weighted by atomic mass is 16.3. The van der Waals surface area contributed by atoms with E-state index in [0.29, 0.717) is 23.3 Å². The van der Waals surface area contributed by atoms with E-state index in [-0.39, 0.29) is 22.7 Å². The molecule has 23 heavy (non-hydrogen) atoms. The number of rotatable bonds is 0. The van der Waals surface area contributed by atoms with Crippen molar-refractivity contribution in [1.82, 2.24) is 0 Å². The van der Waals surface area contributed by atoms with Gasteiger partial charge in [0.2, 0.25) is 0 Å². The van der Waals surface area contributed by atoms with E-state index in [0.717, 1.165) is 51.2 Å². The van der Waals surface area contributed by atoms with Crippen LogP contribution in [0.3, 0.4) is 0 Å². The summed E-state index contributed by atoms with van der Waals surface area (Å²) in [6.07, 6.45) is 9.90. The van der Waals surface area contributed by atoms with Crippen molar-refractivity contribution in [3.05, 3.63) is 23.5 Å². The molecule has 0 unspecified atom stereocenters. The summed E-state index contributed by atoms with van der Waals surface area (Å²) in [5.74, 6) is 1.72. The topological polar surface area (TPSA) is 57.5 Å². The summed E-state index contributed by atoms with van der Waals surface area (Å²) in [5.41, 5.74) is 2.03. The first-order valence-electron chi connectivity index (χ1n) is 9.16. The molecular weight excluding hydrogens is 288 g/mol. The van der Waals surface area contributed by atoms with Gasteiger partial charge in [-0.3, -0.25) is 4.79 Å². The molecule has 2 N–H and O–H groups in total. The zero-order chi connectivity index (χ0) is 16.4. The van der Waals surface area contributed by atoms with Crippen LogP contribution in [0, 0.1) is 28.6 Å². The fourth-order valence-corrected chi connectivity index (χ4v) is 6.43. The normalized spacial score (nSPS) is 51.0. The van der Waals surface area contributed by atoms with E-state index < -0.39 is 0 Å². The lowest BCUT2D eigenvalue weighted by Crippen LogP contribution is -2.50. The summed E-state index contributed by atoms with van der Waals surface area (Å²) in [7, 11) is 0. The number of hydrogen-bond donors (Lipinski definition) is 2. The largest absolute Gasteiger partial charge is 0.515 e. The smallest absolute Gasteiger partial charge is 0.168 e. The number of ketones is 1. The molecule has 3 heteroatoms. The maximum Gasteiger partial charge on any atom is 0.168 e. The molecule has 3 saturated carbocycles. The average Bonchev–Trinajstić information content (AvgIpc) is 2.79. The fraction of sp³-hybridized carbons (Fsp3) is 0.750. The van der Waals surface area contributed by atoms with Crippen molar-refractivity contribution >= 4 is 5.78 Å². The molecule has 6 atom stereocenters. The van der Waals surface area contributed by atoms with Gasteiger partial charge in [-0.2, -0.15) is 0 Å². The van der Waals surface area contributed by atoms with Crippen LogP contribution in [-0.4, -0.2) is 22.1 Å². The highest BCUT2D eigenvalue weighted by molar-refractivity contribution is 6.02. The minimum absolute atomic E-state index is 0.170. The van der Waals surface area contributed by atoms with Crippen molar-refractivity contribution in [2.24, 2.45) is 28.6 Å². The Morgan fingerprint density at radius 3 is 2.61 bits per heavy atom. The van der Waals surface area contributed by atoms with Crippen molar-refractivity contribution < 1.29 is 15.0 Å². The van der Waals surface area contributed by atoms with Gasteiger partial charge >= 0.3 is 0 Å². The summed E-state index contributed by atoms with van der Waals surface area (Å²) in [6.45, 7) is 4.52. The van der Waals surface area contributed by atoms with Crippen molar-refractivity contribution in [2.75, 3.05) is 0 Å². The molecule has 3 fully saturated rings. The minimum Gasteiger partial charge on any atom is -0.515 e. The molecule has 4 rings (SSSR count). The van der Waals surface area contributed by atoms with E-state index in [1.54, 1.807) is 0 Å². The molecule has 0 saturated heterocycles. The summed E-state index contributed by atoms with van der Waals surface area (Å²) < 4.78 is 0. The molecule has 4 aliphatic rings. The van der Waals surface area contributed by atoms with E-state index >= 15 is 0 Å². The highest BCUT2D eigenvalue weighted by Crippen LogP contribution is 2.64. The molecule has 3 nitrogen and oxygen atoms in total. The van der Waals surface area contributed by atoms with Gasteiger partial charge in [0.25, 0.3) is 0 Å². The maximum absolute atomic E-state index is 12.7. The van der Waals surface area contributed by atoms with Crippen LogP contribution < -0.4 is 0 Å². The Kier molecular flexibility index (Phi) is 3.32. The molecule has 0 amide bonds. The molecule has 0 bridgehead atoms. The van der Waals surface area contributed by atoms with E-state index in [1.807, 2.05) is 0 Å². The molecule has 0 aliphatic heterocycles.